The molecule has 0 radical (unpaired) electrons. The second-order valence-electron chi connectivity index (χ2n) is 5.46. The molecule has 0 aliphatic carbocycles. The predicted molar refractivity (Wildman–Crippen MR) is 104 cm³/mol. The molecule has 1 aromatic carbocycles. The molecule has 0 atom stereocenters. The van der Waals surface area contributed by atoms with Crippen molar-refractivity contribution in [1.82, 2.24) is 14.9 Å². The van der Waals surface area contributed by atoms with Gasteiger partial charge in [0.15, 0.2) is 20.1 Å². The minimum Gasteiger partial charge on any atom is -0.493 e. The number of carbonyl (C=O) groups excluding carboxylic acids is 1. The predicted octanol–water partition coefficient (Wildman–Crippen LogP) is 1.78. The Labute approximate surface area is 182 Å². The maximum atomic E-state index is 13.0. The number of nitrogen functional groups attached to an aromatic ring is 1. The average molecular weight is 398 g/mol. The summed E-state index contributed by atoms with van der Waals surface area (Å²) in [7, 11) is -6.17. The summed E-state index contributed by atoms with van der Waals surface area (Å²) in [6, 6.07) is 0.370. The topological polar surface area (TPSA) is 107 Å². The first-order valence-corrected chi connectivity index (χ1v) is 7.69. The third kappa shape index (κ3) is 3.15. The zero-order chi connectivity index (χ0) is 32.4. The van der Waals surface area contributed by atoms with E-state index in [0.717, 1.165) is 12.1 Å². The van der Waals surface area contributed by atoms with Crippen molar-refractivity contribution in [1.29, 1.82) is 0 Å². The van der Waals surface area contributed by atoms with E-state index >= 15 is 0 Å². The van der Waals surface area contributed by atoms with Crippen LogP contribution in [0.15, 0.2) is 34.9 Å². The Kier molecular flexibility index (Phi) is 1.94. The van der Waals surface area contributed by atoms with Crippen LogP contribution in [0.3, 0.4) is 0 Å². The lowest BCUT2D eigenvalue weighted by atomic mass is 10.2. The lowest BCUT2D eigenvalue weighted by molar-refractivity contribution is 0.0714. The zero-order valence-corrected chi connectivity index (χ0v) is 13.9. The van der Waals surface area contributed by atoms with Crippen LogP contribution in [0, 0.1) is 0 Å². The number of benzene rings is 1. The summed E-state index contributed by atoms with van der Waals surface area (Å²) >= 11 is 0. The fraction of sp³-hybridized carbons (Fsp3) is 0.316. The molecule has 3 aromatic rings. The monoisotopic (exact) mass is 398 g/mol. The molecule has 1 fully saturated rings. The summed E-state index contributed by atoms with van der Waals surface area (Å²) in [5.41, 5.74) is -0.363. The van der Waals surface area contributed by atoms with Crippen LogP contribution in [0.25, 0.3) is 10.9 Å². The van der Waals surface area contributed by atoms with Gasteiger partial charge in [-0.1, -0.05) is 0 Å². The maximum absolute atomic E-state index is 13.0. The van der Waals surface area contributed by atoms with E-state index < -0.39 is 93.4 Å². The second-order valence-corrected chi connectivity index (χ2v) is 5.46. The Morgan fingerprint density at radius 2 is 2.11 bits per heavy atom. The molecule has 3 heterocycles. The van der Waals surface area contributed by atoms with E-state index in [1.165, 1.54) is 0 Å². The number of ether oxygens (including phenoxy) is 2. The number of furan rings is 1. The van der Waals surface area contributed by atoms with E-state index in [9.17, 15) is 4.79 Å². The lowest BCUT2D eigenvalue weighted by Gasteiger charge is -2.34. The van der Waals surface area contributed by atoms with Crippen molar-refractivity contribution < 1.29 is 39.3 Å². The van der Waals surface area contributed by atoms with Crippen molar-refractivity contribution in [3.63, 3.8) is 0 Å². The van der Waals surface area contributed by atoms with Gasteiger partial charge in [-0.15, -0.1) is 0 Å². The van der Waals surface area contributed by atoms with Crippen LogP contribution >= 0.6 is 0 Å². The summed E-state index contributed by atoms with van der Waals surface area (Å²) in [5, 5.41) is -0.237. The van der Waals surface area contributed by atoms with Gasteiger partial charge >= 0.3 is 0 Å². The summed E-state index contributed by atoms with van der Waals surface area (Å²) in [5.74, 6) is -4.52. The molecule has 28 heavy (non-hydrogen) atoms. The first-order valence-electron chi connectivity index (χ1n) is 15.1. The van der Waals surface area contributed by atoms with Crippen molar-refractivity contribution in [2.45, 2.75) is 0 Å². The molecule has 146 valence electrons. The summed E-state index contributed by atoms with van der Waals surface area (Å²) in [6.45, 7) is -7.32. The van der Waals surface area contributed by atoms with Gasteiger partial charge in [0.2, 0.25) is 5.95 Å². The molecule has 9 nitrogen and oxygen atoms in total. The Hall–Kier alpha value is -3.49. The third-order valence-electron chi connectivity index (χ3n) is 3.85. The van der Waals surface area contributed by atoms with E-state index in [4.69, 9.17) is 34.5 Å². The number of hydrogen-bond acceptors (Lipinski definition) is 8. The molecule has 0 unspecified atom stereocenters. The van der Waals surface area contributed by atoms with Gasteiger partial charge in [0.1, 0.15) is 7.19 Å². The number of piperazine rings is 1. The first kappa shape index (κ1) is 7.50. The van der Waals surface area contributed by atoms with E-state index in [-0.39, 0.29) is 16.6 Å². The quantitative estimate of drug-likeness (QED) is 0.693. The number of nitrogens with zero attached hydrogens (tertiary/aromatic N) is 4. The van der Waals surface area contributed by atoms with Gasteiger partial charge in [0.25, 0.3) is 5.91 Å². The number of rotatable bonds is 5. The number of amides is 1. The minimum atomic E-state index is -3.09. The van der Waals surface area contributed by atoms with Crippen LogP contribution in [0.4, 0.5) is 11.8 Å². The van der Waals surface area contributed by atoms with E-state index in [2.05, 4.69) is 9.97 Å². The van der Waals surface area contributed by atoms with Crippen molar-refractivity contribution in [2.24, 2.45) is 0 Å². The number of fused-ring (bicyclic) bond motifs is 1. The highest BCUT2D eigenvalue weighted by Gasteiger charge is 2.25. The molecular formula is C19H21N5O4. The summed E-state index contributed by atoms with van der Waals surface area (Å²) < 4.78 is 132. The molecular weight excluding hydrogens is 362 g/mol. The number of nitrogens with two attached hydrogens (primary N) is 1. The normalized spacial score (nSPS) is 26.5. The van der Waals surface area contributed by atoms with Crippen molar-refractivity contribution in [3.05, 3.63) is 36.2 Å². The SMILES string of the molecule is [2H]c1oc(C(=O)N2CC([2H])([2H])N(c3nc(N([2H])[2H])c4cc(OC([2H])([2H])[2H])c(OC([2H])([2H])[2H])cc4n3)C([2H])([2H])C2)c([2H])c1[2H]. The van der Waals surface area contributed by atoms with Crippen LogP contribution < -0.4 is 20.1 Å². The van der Waals surface area contributed by atoms with Gasteiger partial charge in [0.05, 0.1) is 42.3 Å². The van der Waals surface area contributed by atoms with Gasteiger partial charge in [0, 0.05) is 37.5 Å². The molecule has 2 N–H and O–H groups in total. The lowest BCUT2D eigenvalue weighted by Crippen LogP contribution is -2.49. The highest BCUT2D eigenvalue weighted by molar-refractivity contribution is 5.92. The highest BCUT2D eigenvalue weighted by atomic mass is 16.5. The van der Waals surface area contributed by atoms with Gasteiger partial charge in [-0.05, 0) is 18.2 Å². The van der Waals surface area contributed by atoms with E-state index in [1.54, 1.807) is 0 Å². The Morgan fingerprint density at radius 1 is 1.32 bits per heavy atom. The number of hydrogen-bond donors (Lipinski definition) is 1. The van der Waals surface area contributed by atoms with Crippen LogP contribution in [-0.4, -0.2) is 60.9 Å². The molecule has 2 aromatic heterocycles. The smallest absolute Gasteiger partial charge is 0.289 e. The van der Waals surface area contributed by atoms with Crippen LogP contribution in [0.5, 0.6) is 11.5 Å². The molecule has 1 aliphatic rings. The fourth-order valence-corrected chi connectivity index (χ4v) is 2.50. The Morgan fingerprint density at radius 3 is 2.79 bits per heavy atom. The molecule has 0 saturated carbocycles. The maximum Gasteiger partial charge on any atom is 0.289 e. The van der Waals surface area contributed by atoms with E-state index in [0.29, 0.717) is 9.80 Å². The minimum absolute atomic E-state index is 0.0502. The van der Waals surface area contributed by atoms with Gasteiger partial charge in [-0.2, -0.15) is 4.98 Å². The Bertz CT molecular complexity index is 1550. The van der Waals surface area contributed by atoms with Crippen molar-refractivity contribution in [3.8, 4) is 11.5 Å². The number of aromatic nitrogens is 2. The third-order valence-corrected chi connectivity index (χ3v) is 3.85. The highest BCUT2D eigenvalue weighted by Crippen LogP contribution is 2.34. The van der Waals surface area contributed by atoms with Crippen LogP contribution in [0.2, 0.25) is 2.82 Å². The molecule has 1 amide bonds. The second kappa shape index (κ2) is 7.26. The molecule has 1 aliphatic heterocycles. The van der Waals surface area contributed by atoms with Gasteiger partial charge in [-0.3, -0.25) is 4.79 Å². The van der Waals surface area contributed by atoms with Gasteiger partial charge in [-0.25, -0.2) is 4.98 Å². The largest absolute Gasteiger partial charge is 0.493 e. The summed E-state index contributed by atoms with van der Waals surface area (Å²) in [4.78, 5) is 22.2. The zero-order valence-electron chi connectivity index (χ0n) is 28.9. The average Bonchev–Trinajstić information content (AvgIpc) is 3.07. The molecule has 0 spiro atoms. The number of methoxy groups -OCH3 is 2. The van der Waals surface area contributed by atoms with Crippen LogP contribution in [-0.2, 0) is 0 Å². The van der Waals surface area contributed by atoms with Gasteiger partial charge < -0.3 is 29.4 Å². The van der Waals surface area contributed by atoms with Crippen LogP contribution in [0.1, 0.15) is 28.4 Å². The molecule has 4 rings (SSSR count). The van der Waals surface area contributed by atoms with Crippen molar-refractivity contribution >= 4 is 28.6 Å². The Balaban J connectivity index is 1.83. The fourth-order valence-electron chi connectivity index (χ4n) is 2.50. The molecule has 0 bridgehead atoms. The first-order chi connectivity index (χ1) is 19.5. The molecule has 1 saturated heterocycles. The van der Waals surface area contributed by atoms with E-state index in [1.807, 2.05) is 0 Å². The number of carbonyl (C=O) groups is 1. The van der Waals surface area contributed by atoms with Crippen molar-refractivity contribution in [2.75, 3.05) is 50.8 Å². The standard InChI is InChI=1S/C19H21N5O4/c1-26-15-10-12-13(11-16(15)27-2)21-19(22-17(12)20)24-7-5-23(6-8-24)18(25)14-4-3-9-28-14/h3-4,9-11H,5-8H2,1-2H3,(H2,20,21,22)/i1D3,2D3,3D,4D,7D2,8D2,9D/hD2. The number of anilines is 2. The summed E-state index contributed by atoms with van der Waals surface area (Å²) in [6.07, 6.45) is -0.778. The molecule has 9 heteroatoms.